The molecule has 1 aliphatic rings. The summed E-state index contributed by atoms with van der Waals surface area (Å²) in [5.74, 6) is 0.680. The Morgan fingerprint density at radius 3 is 2.82 bits per heavy atom. The molecule has 0 aromatic carbocycles. The molecule has 7 heteroatoms. The molecular weight excluding hydrogens is 397 g/mol. The summed E-state index contributed by atoms with van der Waals surface area (Å²) in [4.78, 5) is 20.1. The number of pyridine rings is 1. The van der Waals surface area contributed by atoms with Gasteiger partial charge >= 0.3 is 0 Å². The van der Waals surface area contributed by atoms with Crippen molar-refractivity contribution in [1.29, 1.82) is 0 Å². The van der Waals surface area contributed by atoms with Gasteiger partial charge in [-0.25, -0.2) is 4.98 Å². The van der Waals surface area contributed by atoms with Gasteiger partial charge in [-0.05, 0) is 35.1 Å². The largest absolute Gasteiger partial charge is 0.394 e. The quantitative estimate of drug-likeness (QED) is 0.719. The molecule has 0 bridgehead atoms. The highest BCUT2D eigenvalue weighted by Crippen LogP contribution is 2.29. The minimum atomic E-state index is -0.443. The molecule has 1 aliphatic heterocycles. The Morgan fingerprint density at radius 1 is 1.59 bits per heavy atom. The van der Waals surface area contributed by atoms with Crippen LogP contribution in [-0.2, 0) is 4.79 Å². The van der Waals surface area contributed by atoms with E-state index >= 15 is 0 Å². The Bertz CT molecular complexity index is 553. The summed E-state index contributed by atoms with van der Waals surface area (Å²) in [7, 11) is 1.75. The van der Waals surface area contributed by atoms with Gasteiger partial charge in [0.15, 0.2) is 0 Å². The Kier molecular flexibility index (Phi) is 5.62. The van der Waals surface area contributed by atoms with Crippen LogP contribution in [0.3, 0.4) is 0 Å². The van der Waals surface area contributed by atoms with Crippen LogP contribution < -0.4 is 9.80 Å². The SMILES string of the molecule is CC(C)C(=O)N(C)c1cnc(N2CC(O)CC2CO)cc1I. The zero-order valence-corrected chi connectivity index (χ0v) is 15.2. The first-order valence-corrected chi connectivity index (χ1v) is 8.41. The smallest absolute Gasteiger partial charge is 0.229 e. The highest BCUT2D eigenvalue weighted by atomic mass is 127. The molecule has 0 aliphatic carbocycles. The molecular formula is C15H22IN3O3. The summed E-state index contributed by atoms with van der Waals surface area (Å²) in [5.41, 5.74) is 0.767. The van der Waals surface area contributed by atoms with Gasteiger partial charge in [0.2, 0.25) is 5.91 Å². The Morgan fingerprint density at radius 2 is 2.27 bits per heavy atom. The molecule has 6 nitrogen and oxygen atoms in total. The van der Waals surface area contributed by atoms with Crippen molar-refractivity contribution in [2.24, 2.45) is 5.92 Å². The summed E-state index contributed by atoms with van der Waals surface area (Å²) in [5, 5.41) is 19.2. The molecule has 0 spiro atoms. The van der Waals surface area contributed by atoms with Crippen molar-refractivity contribution in [2.45, 2.75) is 32.4 Å². The predicted octanol–water partition coefficient (Wildman–Crippen LogP) is 1.24. The standard InChI is InChI=1S/C15H22IN3O3/c1-9(2)15(22)18(3)13-6-17-14(5-12(13)16)19-7-11(21)4-10(19)8-20/h5-6,9-11,20-21H,4,7-8H2,1-3H3. The van der Waals surface area contributed by atoms with Crippen LogP contribution in [0.4, 0.5) is 11.5 Å². The second kappa shape index (κ2) is 7.10. The molecule has 1 amide bonds. The average molecular weight is 419 g/mol. The van der Waals surface area contributed by atoms with Gasteiger partial charge in [0.05, 0.1) is 30.6 Å². The zero-order valence-electron chi connectivity index (χ0n) is 13.0. The molecule has 122 valence electrons. The summed E-state index contributed by atoms with van der Waals surface area (Å²) in [6.45, 7) is 4.19. The van der Waals surface area contributed by atoms with Gasteiger partial charge in [-0.15, -0.1) is 0 Å². The molecule has 2 heterocycles. The second-order valence-corrected chi connectivity index (χ2v) is 7.09. The molecule has 0 radical (unpaired) electrons. The number of hydrogen-bond donors (Lipinski definition) is 2. The van der Waals surface area contributed by atoms with Gasteiger partial charge in [0.1, 0.15) is 5.82 Å². The zero-order chi connectivity index (χ0) is 16.4. The minimum Gasteiger partial charge on any atom is -0.394 e. The van der Waals surface area contributed by atoms with E-state index in [0.29, 0.717) is 18.8 Å². The van der Waals surface area contributed by atoms with E-state index in [1.165, 1.54) is 0 Å². The van der Waals surface area contributed by atoms with Gasteiger partial charge in [0.25, 0.3) is 0 Å². The highest BCUT2D eigenvalue weighted by Gasteiger charge is 2.31. The van der Waals surface area contributed by atoms with Crippen molar-refractivity contribution in [2.75, 3.05) is 30.0 Å². The molecule has 1 fully saturated rings. The van der Waals surface area contributed by atoms with Gasteiger partial charge in [-0.1, -0.05) is 13.8 Å². The van der Waals surface area contributed by atoms with Crippen molar-refractivity contribution in [3.8, 4) is 0 Å². The van der Waals surface area contributed by atoms with Crippen LogP contribution in [0, 0.1) is 9.49 Å². The number of nitrogens with zero attached hydrogens (tertiary/aromatic N) is 3. The fraction of sp³-hybridized carbons (Fsp3) is 0.600. The van der Waals surface area contributed by atoms with E-state index < -0.39 is 6.10 Å². The van der Waals surface area contributed by atoms with Crippen molar-refractivity contribution in [3.05, 3.63) is 15.8 Å². The lowest BCUT2D eigenvalue weighted by Crippen LogP contribution is -2.34. The number of aromatic nitrogens is 1. The van der Waals surface area contributed by atoms with E-state index in [4.69, 9.17) is 0 Å². The average Bonchev–Trinajstić information content (AvgIpc) is 2.86. The number of rotatable bonds is 4. The fourth-order valence-electron chi connectivity index (χ4n) is 2.67. The predicted molar refractivity (Wildman–Crippen MR) is 94.0 cm³/mol. The lowest BCUT2D eigenvalue weighted by molar-refractivity contribution is -0.121. The van der Waals surface area contributed by atoms with Crippen molar-refractivity contribution in [3.63, 3.8) is 0 Å². The molecule has 1 aromatic rings. The molecule has 1 saturated heterocycles. The molecule has 2 N–H and O–H groups in total. The first kappa shape index (κ1) is 17.4. The lowest BCUT2D eigenvalue weighted by Gasteiger charge is -2.26. The molecule has 0 saturated carbocycles. The van der Waals surface area contributed by atoms with Crippen LogP contribution in [0.15, 0.2) is 12.3 Å². The number of halogens is 1. The third-order valence-corrected chi connectivity index (χ3v) is 4.77. The maximum atomic E-state index is 12.1. The first-order valence-electron chi connectivity index (χ1n) is 7.33. The van der Waals surface area contributed by atoms with Crippen LogP contribution in [0.25, 0.3) is 0 Å². The number of β-amino-alcohol motifs (C(OH)–C–C–N with tert-alkyl or cyclic N) is 1. The van der Waals surface area contributed by atoms with Crippen molar-refractivity contribution in [1.82, 2.24) is 4.98 Å². The third kappa shape index (κ3) is 3.52. The van der Waals surface area contributed by atoms with E-state index in [-0.39, 0.29) is 24.5 Å². The summed E-state index contributed by atoms with van der Waals surface area (Å²) >= 11 is 2.18. The normalized spacial score (nSPS) is 21.5. The maximum absolute atomic E-state index is 12.1. The number of carbonyl (C=O) groups is 1. The van der Waals surface area contributed by atoms with Gasteiger partial charge in [-0.2, -0.15) is 0 Å². The number of anilines is 2. The molecule has 2 atom stereocenters. The van der Waals surface area contributed by atoms with Crippen LogP contribution in [0.5, 0.6) is 0 Å². The molecule has 2 unspecified atom stereocenters. The van der Waals surface area contributed by atoms with Gasteiger partial charge in [0, 0.05) is 23.1 Å². The monoisotopic (exact) mass is 419 g/mol. The summed E-state index contributed by atoms with van der Waals surface area (Å²) in [6, 6.07) is 1.78. The van der Waals surface area contributed by atoms with Crippen LogP contribution in [0.2, 0.25) is 0 Å². The lowest BCUT2D eigenvalue weighted by atomic mass is 10.2. The Labute approximate surface area is 144 Å². The number of aliphatic hydroxyl groups is 2. The summed E-state index contributed by atoms with van der Waals surface area (Å²) < 4.78 is 0.914. The molecule has 2 rings (SSSR count). The van der Waals surface area contributed by atoms with E-state index in [0.717, 1.165) is 9.26 Å². The number of carbonyl (C=O) groups excluding carboxylic acids is 1. The number of amides is 1. The number of aliphatic hydroxyl groups excluding tert-OH is 2. The van der Waals surface area contributed by atoms with E-state index in [2.05, 4.69) is 27.6 Å². The van der Waals surface area contributed by atoms with E-state index in [9.17, 15) is 15.0 Å². The molecule has 1 aromatic heterocycles. The van der Waals surface area contributed by atoms with E-state index in [1.807, 2.05) is 24.8 Å². The van der Waals surface area contributed by atoms with Crippen LogP contribution in [-0.4, -0.2) is 53.4 Å². The fourth-order valence-corrected chi connectivity index (χ4v) is 3.45. The third-order valence-electron chi connectivity index (χ3n) is 3.90. The molecule has 22 heavy (non-hydrogen) atoms. The summed E-state index contributed by atoms with van der Waals surface area (Å²) in [6.07, 6.45) is 1.78. The van der Waals surface area contributed by atoms with Gasteiger partial charge < -0.3 is 20.0 Å². The van der Waals surface area contributed by atoms with Crippen LogP contribution in [0.1, 0.15) is 20.3 Å². The topological polar surface area (TPSA) is 76.9 Å². The Hall–Kier alpha value is -0.930. The first-order chi connectivity index (χ1) is 10.3. The minimum absolute atomic E-state index is 0.0111. The van der Waals surface area contributed by atoms with Gasteiger partial charge in [-0.3, -0.25) is 4.79 Å². The van der Waals surface area contributed by atoms with Crippen molar-refractivity contribution < 1.29 is 15.0 Å². The number of hydrogen-bond acceptors (Lipinski definition) is 5. The van der Waals surface area contributed by atoms with E-state index in [1.54, 1.807) is 18.1 Å². The highest BCUT2D eigenvalue weighted by molar-refractivity contribution is 14.1. The maximum Gasteiger partial charge on any atom is 0.229 e. The van der Waals surface area contributed by atoms with Crippen LogP contribution >= 0.6 is 22.6 Å². The van der Waals surface area contributed by atoms with Crippen molar-refractivity contribution >= 4 is 40.0 Å². The Balaban J connectivity index is 2.25. The second-order valence-electron chi connectivity index (χ2n) is 5.92.